The zero-order valence-electron chi connectivity index (χ0n) is 9.97. The lowest BCUT2D eigenvalue weighted by Gasteiger charge is -2.07. The van der Waals surface area contributed by atoms with Crippen molar-refractivity contribution in [2.75, 3.05) is 6.54 Å². The monoisotopic (exact) mass is 313 g/mol. The van der Waals surface area contributed by atoms with Gasteiger partial charge in [0.05, 0.1) is 5.02 Å². The van der Waals surface area contributed by atoms with Gasteiger partial charge in [-0.15, -0.1) is 0 Å². The summed E-state index contributed by atoms with van der Waals surface area (Å²) in [6, 6.07) is 6.82. The van der Waals surface area contributed by atoms with Gasteiger partial charge < -0.3 is 5.32 Å². The summed E-state index contributed by atoms with van der Waals surface area (Å²) in [5.74, 6) is 0. The molecule has 1 N–H and O–H groups in total. The Balaban J connectivity index is 2.04. The highest BCUT2D eigenvalue weighted by Crippen LogP contribution is 2.25. The van der Waals surface area contributed by atoms with Crippen molar-refractivity contribution >= 4 is 33.6 Å². The highest BCUT2D eigenvalue weighted by molar-refractivity contribution is 9.10. The summed E-state index contributed by atoms with van der Waals surface area (Å²) in [7, 11) is 0. The van der Waals surface area contributed by atoms with Crippen LogP contribution in [0.1, 0.15) is 31.7 Å². The highest BCUT2D eigenvalue weighted by atomic mass is 79.9. The van der Waals surface area contributed by atoms with E-state index in [1.807, 2.05) is 6.07 Å². The first kappa shape index (κ1) is 13.1. The molecule has 2 rings (SSSR count). The van der Waals surface area contributed by atoms with Gasteiger partial charge in [-0.2, -0.15) is 0 Å². The maximum atomic E-state index is 5.98. The fourth-order valence-corrected chi connectivity index (χ4v) is 2.19. The summed E-state index contributed by atoms with van der Waals surface area (Å²) in [4.78, 5) is 0. The second-order valence-electron chi connectivity index (χ2n) is 4.48. The van der Waals surface area contributed by atoms with Crippen LogP contribution in [0.4, 0.5) is 0 Å². The molecule has 1 aromatic carbocycles. The van der Waals surface area contributed by atoms with Gasteiger partial charge in [0.1, 0.15) is 0 Å². The van der Waals surface area contributed by atoms with E-state index in [-0.39, 0.29) is 0 Å². The Morgan fingerprint density at radius 3 is 2.88 bits per heavy atom. The Kier molecular flexibility index (Phi) is 4.66. The minimum Gasteiger partial charge on any atom is -0.310 e. The molecule has 0 unspecified atom stereocenters. The fraction of sp³-hybridized carbons (Fsp3) is 0.429. The number of hydrogen-bond donors (Lipinski definition) is 1. The molecular formula is C14H17BrClN. The molecule has 1 aromatic rings. The van der Waals surface area contributed by atoms with Gasteiger partial charge in [0.2, 0.25) is 0 Å². The Bertz CT molecular complexity index is 424. The van der Waals surface area contributed by atoms with E-state index in [9.17, 15) is 0 Å². The maximum absolute atomic E-state index is 5.98. The zero-order valence-corrected chi connectivity index (χ0v) is 12.3. The highest BCUT2D eigenvalue weighted by Gasteiger charge is 2.19. The molecule has 0 heterocycles. The molecule has 92 valence electrons. The van der Waals surface area contributed by atoms with Gasteiger partial charge in [0, 0.05) is 17.1 Å². The van der Waals surface area contributed by atoms with Crippen molar-refractivity contribution in [3.8, 4) is 0 Å². The lowest BCUT2D eigenvalue weighted by molar-refractivity contribution is 0.723. The van der Waals surface area contributed by atoms with Crippen molar-refractivity contribution in [3.05, 3.63) is 38.8 Å². The third-order valence-corrected chi connectivity index (χ3v) is 4.18. The van der Waals surface area contributed by atoms with Crippen LogP contribution in [-0.2, 0) is 0 Å². The third kappa shape index (κ3) is 4.13. The Labute approximate surface area is 116 Å². The largest absolute Gasteiger partial charge is 0.310 e. The van der Waals surface area contributed by atoms with Crippen molar-refractivity contribution in [2.45, 2.75) is 32.2 Å². The van der Waals surface area contributed by atoms with Crippen LogP contribution in [0.3, 0.4) is 0 Å². The summed E-state index contributed by atoms with van der Waals surface area (Å²) in [5, 5.41) is 4.31. The lowest BCUT2D eigenvalue weighted by atomic mass is 10.1. The van der Waals surface area contributed by atoms with E-state index in [0.717, 1.165) is 28.5 Å². The minimum atomic E-state index is 0.760. The first-order valence-electron chi connectivity index (χ1n) is 6.07. The number of rotatable bonds is 5. The topological polar surface area (TPSA) is 12.0 Å². The smallest absolute Gasteiger partial charge is 0.0548 e. The molecule has 0 bridgehead atoms. The molecule has 0 atom stereocenters. The third-order valence-electron chi connectivity index (χ3n) is 2.96. The summed E-state index contributed by atoms with van der Waals surface area (Å²) in [6.45, 7) is 3.20. The Morgan fingerprint density at radius 2 is 2.29 bits per heavy atom. The first-order chi connectivity index (χ1) is 8.19. The van der Waals surface area contributed by atoms with Gasteiger partial charge in [-0.1, -0.05) is 36.2 Å². The SMILES string of the molecule is CC/C(=C/c1ccc(Cl)c(Br)c1)CNC1CC1. The number of benzene rings is 1. The molecule has 1 saturated carbocycles. The average molecular weight is 315 g/mol. The van der Waals surface area contributed by atoms with Crippen molar-refractivity contribution < 1.29 is 0 Å². The molecule has 0 spiro atoms. The quantitative estimate of drug-likeness (QED) is 0.834. The molecule has 1 aliphatic rings. The van der Waals surface area contributed by atoms with Crippen LogP contribution < -0.4 is 5.32 Å². The maximum Gasteiger partial charge on any atom is 0.0548 e. The van der Waals surface area contributed by atoms with E-state index in [2.05, 4.69) is 46.4 Å². The van der Waals surface area contributed by atoms with Gasteiger partial charge in [0.15, 0.2) is 0 Å². The van der Waals surface area contributed by atoms with Gasteiger partial charge in [-0.25, -0.2) is 0 Å². The summed E-state index contributed by atoms with van der Waals surface area (Å²) >= 11 is 9.44. The van der Waals surface area contributed by atoms with Crippen molar-refractivity contribution in [3.63, 3.8) is 0 Å². The average Bonchev–Trinajstić information content (AvgIpc) is 3.13. The van der Waals surface area contributed by atoms with Gasteiger partial charge in [-0.3, -0.25) is 0 Å². The molecule has 0 aromatic heterocycles. The first-order valence-corrected chi connectivity index (χ1v) is 7.24. The molecule has 0 aliphatic heterocycles. The van der Waals surface area contributed by atoms with Crippen LogP contribution >= 0.6 is 27.5 Å². The summed E-state index contributed by atoms with van der Waals surface area (Å²) < 4.78 is 0.957. The molecule has 1 nitrogen and oxygen atoms in total. The number of hydrogen-bond acceptors (Lipinski definition) is 1. The van der Waals surface area contributed by atoms with Crippen LogP contribution in [0.5, 0.6) is 0 Å². The zero-order chi connectivity index (χ0) is 12.3. The molecule has 0 amide bonds. The van der Waals surface area contributed by atoms with Crippen LogP contribution in [-0.4, -0.2) is 12.6 Å². The summed E-state index contributed by atoms with van der Waals surface area (Å²) in [5.41, 5.74) is 2.64. The lowest BCUT2D eigenvalue weighted by Crippen LogP contribution is -2.18. The molecule has 1 aliphatic carbocycles. The Morgan fingerprint density at radius 1 is 1.53 bits per heavy atom. The number of nitrogens with one attached hydrogen (secondary N) is 1. The van der Waals surface area contributed by atoms with E-state index >= 15 is 0 Å². The molecule has 0 radical (unpaired) electrons. The van der Waals surface area contributed by atoms with Crippen molar-refractivity contribution in [2.24, 2.45) is 0 Å². The van der Waals surface area contributed by atoms with Crippen LogP contribution in [0.25, 0.3) is 6.08 Å². The van der Waals surface area contributed by atoms with Crippen molar-refractivity contribution in [1.82, 2.24) is 5.32 Å². The van der Waals surface area contributed by atoms with E-state index in [1.54, 1.807) is 0 Å². The summed E-state index contributed by atoms with van der Waals surface area (Å²) in [6.07, 6.45) is 6.00. The van der Waals surface area contributed by atoms with Crippen molar-refractivity contribution in [1.29, 1.82) is 0 Å². The predicted octanol–water partition coefficient (Wildman–Crippen LogP) is 4.65. The van der Waals surface area contributed by atoms with Gasteiger partial charge in [0.25, 0.3) is 0 Å². The number of halogens is 2. The van der Waals surface area contributed by atoms with Crippen LogP contribution in [0, 0.1) is 0 Å². The van der Waals surface area contributed by atoms with E-state index in [4.69, 9.17) is 11.6 Å². The molecular weight excluding hydrogens is 298 g/mol. The molecule has 0 saturated heterocycles. The molecule has 1 fully saturated rings. The molecule has 3 heteroatoms. The predicted molar refractivity (Wildman–Crippen MR) is 78.4 cm³/mol. The minimum absolute atomic E-state index is 0.760. The second-order valence-corrected chi connectivity index (χ2v) is 5.75. The van der Waals surface area contributed by atoms with E-state index in [0.29, 0.717) is 0 Å². The van der Waals surface area contributed by atoms with Gasteiger partial charge >= 0.3 is 0 Å². The van der Waals surface area contributed by atoms with E-state index in [1.165, 1.54) is 24.0 Å². The van der Waals surface area contributed by atoms with E-state index < -0.39 is 0 Å². The Hall–Kier alpha value is -0.310. The van der Waals surface area contributed by atoms with Gasteiger partial charge in [-0.05, 0) is 52.9 Å². The standard InChI is InChI=1S/C14H17BrClN/c1-2-10(9-17-12-4-5-12)7-11-3-6-14(16)13(15)8-11/h3,6-8,12,17H,2,4-5,9H2,1H3/b10-7-. The normalized spacial score (nSPS) is 16.3. The van der Waals surface area contributed by atoms with Crippen LogP contribution in [0.15, 0.2) is 28.2 Å². The fourth-order valence-electron chi connectivity index (χ4n) is 1.68. The second kappa shape index (κ2) is 6.03. The van der Waals surface area contributed by atoms with Crippen LogP contribution in [0.2, 0.25) is 5.02 Å². The molecule has 17 heavy (non-hydrogen) atoms.